The molecule has 0 amide bonds. The molecule has 0 bridgehead atoms. The molecule has 1 unspecified atom stereocenters. The van der Waals surface area contributed by atoms with Gasteiger partial charge in [-0.25, -0.2) is 8.78 Å². The Morgan fingerprint density at radius 2 is 2.00 bits per heavy atom. The second-order valence-electron chi connectivity index (χ2n) is 5.09. The highest BCUT2D eigenvalue weighted by Crippen LogP contribution is 2.32. The third-order valence-corrected chi connectivity index (χ3v) is 3.59. The van der Waals surface area contributed by atoms with Crippen LogP contribution in [0.1, 0.15) is 17.2 Å². The van der Waals surface area contributed by atoms with Crippen LogP contribution in [0.2, 0.25) is 0 Å². The van der Waals surface area contributed by atoms with E-state index < -0.39 is 11.6 Å². The molecule has 0 aromatic heterocycles. The number of benzene rings is 2. The highest BCUT2D eigenvalue weighted by Gasteiger charge is 2.30. The quantitative estimate of drug-likeness (QED) is 0.922. The van der Waals surface area contributed by atoms with Gasteiger partial charge in [-0.1, -0.05) is 18.2 Å². The van der Waals surface area contributed by atoms with Gasteiger partial charge in [0.2, 0.25) is 0 Å². The van der Waals surface area contributed by atoms with Gasteiger partial charge in [0, 0.05) is 17.3 Å². The standard InChI is InChI=1S/C16H15F2N3/c1-10-3-2-4-12(7-10)21-15(9-20-16(21)19)13-6-5-11(17)8-14(13)18/h2-8,15H,9H2,1H3,(H2,19,20). The Hall–Kier alpha value is -2.43. The average Bonchev–Trinajstić information content (AvgIpc) is 2.80. The summed E-state index contributed by atoms with van der Waals surface area (Å²) in [5, 5.41) is 0. The number of anilines is 1. The van der Waals surface area contributed by atoms with Crippen molar-refractivity contribution in [2.45, 2.75) is 13.0 Å². The van der Waals surface area contributed by atoms with E-state index in [1.54, 1.807) is 4.90 Å². The molecule has 0 saturated carbocycles. The van der Waals surface area contributed by atoms with E-state index in [0.29, 0.717) is 18.1 Å². The minimum Gasteiger partial charge on any atom is -0.369 e. The highest BCUT2D eigenvalue weighted by molar-refractivity contribution is 5.97. The maximum absolute atomic E-state index is 14.0. The van der Waals surface area contributed by atoms with Crippen LogP contribution in [0.5, 0.6) is 0 Å². The zero-order valence-electron chi connectivity index (χ0n) is 11.6. The molecule has 3 rings (SSSR count). The molecule has 1 aliphatic rings. The Bertz CT molecular complexity index is 712. The van der Waals surface area contributed by atoms with E-state index in [4.69, 9.17) is 5.73 Å². The summed E-state index contributed by atoms with van der Waals surface area (Å²) >= 11 is 0. The zero-order chi connectivity index (χ0) is 15.0. The highest BCUT2D eigenvalue weighted by atomic mass is 19.1. The van der Waals surface area contributed by atoms with Crippen LogP contribution in [0, 0.1) is 18.6 Å². The summed E-state index contributed by atoms with van der Waals surface area (Å²) in [6.07, 6.45) is 0. The molecule has 0 saturated heterocycles. The van der Waals surface area contributed by atoms with Gasteiger partial charge in [-0.15, -0.1) is 0 Å². The number of halogens is 2. The fourth-order valence-corrected chi connectivity index (χ4v) is 2.60. The smallest absolute Gasteiger partial charge is 0.196 e. The molecule has 21 heavy (non-hydrogen) atoms. The third-order valence-electron chi connectivity index (χ3n) is 3.59. The van der Waals surface area contributed by atoms with Crippen molar-refractivity contribution in [1.29, 1.82) is 0 Å². The number of guanidine groups is 1. The van der Waals surface area contributed by atoms with Crippen molar-refractivity contribution in [1.82, 2.24) is 0 Å². The van der Waals surface area contributed by atoms with Crippen LogP contribution in [0.4, 0.5) is 14.5 Å². The first-order valence-corrected chi connectivity index (χ1v) is 6.67. The summed E-state index contributed by atoms with van der Waals surface area (Å²) in [4.78, 5) is 5.99. The van der Waals surface area contributed by atoms with Crippen LogP contribution < -0.4 is 10.6 Å². The molecule has 3 nitrogen and oxygen atoms in total. The lowest BCUT2D eigenvalue weighted by Crippen LogP contribution is -2.36. The summed E-state index contributed by atoms with van der Waals surface area (Å²) < 4.78 is 27.1. The van der Waals surface area contributed by atoms with Gasteiger partial charge in [0.1, 0.15) is 11.6 Å². The lowest BCUT2D eigenvalue weighted by Gasteiger charge is -2.27. The molecule has 0 fully saturated rings. The summed E-state index contributed by atoms with van der Waals surface area (Å²) in [6.45, 7) is 2.32. The van der Waals surface area contributed by atoms with Crippen molar-refractivity contribution >= 4 is 11.6 Å². The number of hydrogen-bond acceptors (Lipinski definition) is 3. The molecule has 1 atom stereocenters. The number of nitrogens with two attached hydrogens (primary N) is 1. The SMILES string of the molecule is Cc1cccc(N2C(N)=NCC2c2ccc(F)cc2F)c1. The minimum atomic E-state index is -0.592. The molecule has 0 radical (unpaired) electrons. The molecule has 108 valence electrons. The molecular weight excluding hydrogens is 272 g/mol. The Balaban J connectivity index is 2.03. The van der Waals surface area contributed by atoms with Crippen molar-refractivity contribution in [2.24, 2.45) is 10.7 Å². The molecule has 2 N–H and O–H groups in total. The van der Waals surface area contributed by atoms with Crippen molar-refractivity contribution in [3.63, 3.8) is 0 Å². The van der Waals surface area contributed by atoms with Crippen molar-refractivity contribution < 1.29 is 8.78 Å². The van der Waals surface area contributed by atoms with Crippen LogP contribution in [0.3, 0.4) is 0 Å². The van der Waals surface area contributed by atoms with Crippen LogP contribution in [-0.4, -0.2) is 12.5 Å². The number of nitrogens with zero attached hydrogens (tertiary/aromatic N) is 2. The Kier molecular flexibility index (Phi) is 3.33. The second kappa shape index (κ2) is 5.16. The van der Waals surface area contributed by atoms with Crippen LogP contribution in [0.15, 0.2) is 47.5 Å². The first kappa shape index (κ1) is 13.5. The molecule has 5 heteroatoms. The van der Waals surface area contributed by atoms with Crippen LogP contribution in [0.25, 0.3) is 0 Å². The third kappa shape index (κ3) is 2.46. The molecule has 0 aliphatic carbocycles. The predicted molar refractivity (Wildman–Crippen MR) is 79.2 cm³/mol. The van der Waals surface area contributed by atoms with E-state index in [1.807, 2.05) is 31.2 Å². The second-order valence-corrected chi connectivity index (χ2v) is 5.09. The van der Waals surface area contributed by atoms with Gasteiger partial charge >= 0.3 is 0 Å². The number of aryl methyl sites for hydroxylation is 1. The predicted octanol–water partition coefficient (Wildman–Crippen LogP) is 3.15. The monoisotopic (exact) mass is 287 g/mol. The van der Waals surface area contributed by atoms with Gasteiger partial charge in [0.15, 0.2) is 5.96 Å². The summed E-state index contributed by atoms with van der Waals surface area (Å²) in [5.74, 6) is -0.831. The van der Waals surface area contributed by atoms with E-state index in [9.17, 15) is 8.78 Å². The first-order valence-electron chi connectivity index (χ1n) is 6.67. The fraction of sp³-hybridized carbons (Fsp3) is 0.188. The lowest BCUT2D eigenvalue weighted by molar-refractivity contribution is 0.560. The van der Waals surface area contributed by atoms with Gasteiger partial charge in [-0.3, -0.25) is 4.99 Å². The Morgan fingerprint density at radius 1 is 1.19 bits per heavy atom. The Labute approximate surface area is 121 Å². The maximum Gasteiger partial charge on any atom is 0.196 e. The minimum absolute atomic E-state index is 0.342. The topological polar surface area (TPSA) is 41.6 Å². The van der Waals surface area contributed by atoms with E-state index in [1.165, 1.54) is 12.1 Å². The lowest BCUT2D eigenvalue weighted by atomic mass is 10.0. The molecule has 1 heterocycles. The summed E-state index contributed by atoms with van der Waals surface area (Å²) in [6, 6.07) is 11.0. The number of rotatable bonds is 2. The van der Waals surface area contributed by atoms with Crippen molar-refractivity contribution in [3.8, 4) is 0 Å². The average molecular weight is 287 g/mol. The fourth-order valence-electron chi connectivity index (χ4n) is 2.60. The normalized spacial score (nSPS) is 18.0. The van der Waals surface area contributed by atoms with Crippen LogP contribution in [-0.2, 0) is 0 Å². The van der Waals surface area contributed by atoms with E-state index in [-0.39, 0.29) is 6.04 Å². The van der Waals surface area contributed by atoms with E-state index >= 15 is 0 Å². The van der Waals surface area contributed by atoms with Gasteiger partial charge in [0.25, 0.3) is 0 Å². The first-order chi connectivity index (χ1) is 10.1. The molecule has 1 aliphatic heterocycles. The van der Waals surface area contributed by atoms with Gasteiger partial charge in [0.05, 0.1) is 12.6 Å². The summed E-state index contributed by atoms with van der Waals surface area (Å²) in [7, 11) is 0. The van der Waals surface area contributed by atoms with Gasteiger partial charge in [-0.05, 0) is 30.7 Å². The largest absolute Gasteiger partial charge is 0.369 e. The number of aliphatic imine (C=N–C) groups is 1. The van der Waals surface area contributed by atoms with Gasteiger partial charge in [-0.2, -0.15) is 0 Å². The zero-order valence-corrected chi connectivity index (χ0v) is 11.6. The van der Waals surface area contributed by atoms with E-state index in [2.05, 4.69) is 4.99 Å². The molecule has 2 aromatic rings. The number of hydrogen-bond donors (Lipinski definition) is 1. The molecule has 2 aromatic carbocycles. The van der Waals surface area contributed by atoms with Crippen molar-refractivity contribution in [2.75, 3.05) is 11.4 Å². The van der Waals surface area contributed by atoms with Gasteiger partial charge < -0.3 is 10.6 Å². The van der Waals surface area contributed by atoms with Crippen molar-refractivity contribution in [3.05, 3.63) is 65.2 Å². The molecular formula is C16H15F2N3. The Morgan fingerprint density at radius 3 is 2.71 bits per heavy atom. The molecule has 0 spiro atoms. The van der Waals surface area contributed by atoms with Crippen LogP contribution >= 0.6 is 0 Å². The summed E-state index contributed by atoms with van der Waals surface area (Å²) in [5.41, 5.74) is 8.26. The van der Waals surface area contributed by atoms with E-state index in [0.717, 1.165) is 17.3 Å². The maximum atomic E-state index is 14.0.